The highest BCUT2D eigenvalue weighted by molar-refractivity contribution is 7.99. The minimum atomic E-state index is -0.578. The van der Waals surface area contributed by atoms with Crippen LogP contribution in [0.2, 0.25) is 5.02 Å². The average Bonchev–Trinajstić information content (AvgIpc) is 2.53. The second-order valence-electron chi connectivity index (χ2n) is 4.40. The van der Waals surface area contributed by atoms with E-state index in [-0.39, 0.29) is 0 Å². The molecular weight excluding hydrogens is 308 g/mol. The molecule has 3 nitrogen and oxygen atoms in total. The quantitative estimate of drug-likeness (QED) is 0.809. The molecule has 0 heterocycles. The molecule has 0 aromatic heterocycles. The fraction of sp³-hybridized carbons (Fsp3) is 0.250. The van der Waals surface area contributed by atoms with E-state index in [0.29, 0.717) is 22.3 Å². The summed E-state index contributed by atoms with van der Waals surface area (Å²) in [5.74, 6) is 1.82. The molecule has 2 rings (SSSR count). The SMILES string of the molecule is COc1ccc(C(O)CSc2ccc(Cl)cc2)cc1OC. The van der Waals surface area contributed by atoms with Gasteiger partial charge in [-0.1, -0.05) is 17.7 Å². The Morgan fingerprint density at radius 2 is 1.71 bits per heavy atom. The van der Waals surface area contributed by atoms with Gasteiger partial charge in [0.25, 0.3) is 0 Å². The van der Waals surface area contributed by atoms with Crippen LogP contribution in [0.3, 0.4) is 0 Å². The first-order valence-electron chi connectivity index (χ1n) is 6.42. The lowest BCUT2D eigenvalue weighted by molar-refractivity contribution is 0.203. The molecule has 0 saturated heterocycles. The van der Waals surface area contributed by atoms with Crippen molar-refractivity contribution in [2.45, 2.75) is 11.0 Å². The van der Waals surface area contributed by atoms with Gasteiger partial charge in [-0.3, -0.25) is 0 Å². The van der Waals surface area contributed by atoms with Crippen LogP contribution in [0.4, 0.5) is 0 Å². The molecule has 0 bridgehead atoms. The summed E-state index contributed by atoms with van der Waals surface area (Å²) < 4.78 is 10.4. The molecule has 2 aromatic carbocycles. The van der Waals surface area contributed by atoms with Crippen LogP contribution in [-0.4, -0.2) is 25.1 Å². The van der Waals surface area contributed by atoms with Crippen LogP contribution in [0.5, 0.6) is 11.5 Å². The van der Waals surface area contributed by atoms with Gasteiger partial charge in [0.05, 0.1) is 20.3 Å². The van der Waals surface area contributed by atoms with Gasteiger partial charge in [0, 0.05) is 15.7 Å². The van der Waals surface area contributed by atoms with Crippen LogP contribution < -0.4 is 9.47 Å². The zero-order valence-electron chi connectivity index (χ0n) is 11.9. The van der Waals surface area contributed by atoms with E-state index in [1.54, 1.807) is 38.1 Å². The third kappa shape index (κ3) is 4.30. The Bertz CT molecular complexity index is 587. The first-order valence-corrected chi connectivity index (χ1v) is 7.78. The van der Waals surface area contributed by atoms with Crippen molar-refractivity contribution in [1.29, 1.82) is 0 Å². The Morgan fingerprint density at radius 1 is 1.05 bits per heavy atom. The molecule has 0 radical (unpaired) electrons. The van der Waals surface area contributed by atoms with Crippen LogP contribution in [0, 0.1) is 0 Å². The van der Waals surface area contributed by atoms with E-state index >= 15 is 0 Å². The van der Waals surface area contributed by atoms with Gasteiger partial charge in [-0.25, -0.2) is 0 Å². The number of thioether (sulfide) groups is 1. The largest absolute Gasteiger partial charge is 0.493 e. The third-order valence-electron chi connectivity index (χ3n) is 3.01. The van der Waals surface area contributed by atoms with E-state index in [9.17, 15) is 5.11 Å². The van der Waals surface area contributed by atoms with Crippen molar-refractivity contribution in [3.8, 4) is 11.5 Å². The molecule has 5 heteroatoms. The summed E-state index contributed by atoms with van der Waals surface area (Å²) in [5, 5.41) is 11.0. The molecule has 1 unspecified atom stereocenters. The maximum absolute atomic E-state index is 10.3. The first-order chi connectivity index (χ1) is 10.1. The highest BCUT2D eigenvalue weighted by Crippen LogP contribution is 2.32. The summed E-state index contributed by atoms with van der Waals surface area (Å²) in [4.78, 5) is 1.07. The minimum Gasteiger partial charge on any atom is -0.493 e. The van der Waals surface area contributed by atoms with E-state index in [2.05, 4.69) is 0 Å². The number of hydrogen-bond donors (Lipinski definition) is 1. The molecule has 0 aliphatic carbocycles. The average molecular weight is 325 g/mol. The summed E-state index contributed by atoms with van der Waals surface area (Å²) >= 11 is 7.42. The van der Waals surface area contributed by atoms with E-state index in [4.69, 9.17) is 21.1 Å². The Balaban J connectivity index is 2.02. The van der Waals surface area contributed by atoms with Crippen LogP contribution in [-0.2, 0) is 0 Å². The Labute approximate surface area is 133 Å². The summed E-state index contributed by atoms with van der Waals surface area (Å²) in [6.07, 6.45) is -0.578. The van der Waals surface area contributed by atoms with Crippen LogP contribution in [0.15, 0.2) is 47.4 Å². The van der Waals surface area contributed by atoms with E-state index in [1.165, 1.54) is 0 Å². The number of benzene rings is 2. The molecule has 21 heavy (non-hydrogen) atoms. The van der Waals surface area contributed by atoms with Crippen molar-refractivity contribution in [1.82, 2.24) is 0 Å². The second-order valence-corrected chi connectivity index (χ2v) is 5.92. The Morgan fingerprint density at radius 3 is 2.33 bits per heavy atom. The van der Waals surface area contributed by atoms with Crippen molar-refractivity contribution in [3.05, 3.63) is 53.1 Å². The predicted molar refractivity (Wildman–Crippen MR) is 86.7 cm³/mol. The fourth-order valence-electron chi connectivity index (χ4n) is 1.86. The van der Waals surface area contributed by atoms with Gasteiger partial charge in [0.15, 0.2) is 11.5 Å². The van der Waals surface area contributed by atoms with Crippen molar-refractivity contribution < 1.29 is 14.6 Å². The number of hydrogen-bond acceptors (Lipinski definition) is 4. The molecule has 0 fully saturated rings. The molecule has 112 valence electrons. The number of rotatable bonds is 6. The van der Waals surface area contributed by atoms with Gasteiger partial charge >= 0.3 is 0 Å². The lowest BCUT2D eigenvalue weighted by atomic mass is 10.1. The Hall–Kier alpha value is -1.36. The molecule has 0 saturated carbocycles. The van der Waals surface area contributed by atoms with Gasteiger partial charge in [0.2, 0.25) is 0 Å². The van der Waals surface area contributed by atoms with E-state index in [0.717, 1.165) is 10.5 Å². The number of aliphatic hydroxyl groups excluding tert-OH is 1. The zero-order valence-corrected chi connectivity index (χ0v) is 13.4. The van der Waals surface area contributed by atoms with Crippen LogP contribution in [0.25, 0.3) is 0 Å². The monoisotopic (exact) mass is 324 g/mol. The molecular formula is C16H17ClO3S. The third-order valence-corrected chi connectivity index (χ3v) is 4.35. The van der Waals surface area contributed by atoms with Crippen molar-refractivity contribution in [2.75, 3.05) is 20.0 Å². The lowest BCUT2D eigenvalue weighted by Gasteiger charge is -2.14. The van der Waals surface area contributed by atoms with E-state index < -0.39 is 6.10 Å². The fourth-order valence-corrected chi connectivity index (χ4v) is 2.86. The Kier molecular flexibility index (Phi) is 5.79. The summed E-state index contributed by atoms with van der Waals surface area (Å²) in [6, 6.07) is 13.0. The number of ether oxygens (including phenoxy) is 2. The van der Waals surface area contributed by atoms with Gasteiger partial charge < -0.3 is 14.6 Å². The maximum atomic E-state index is 10.3. The molecule has 0 aliphatic heterocycles. The highest BCUT2D eigenvalue weighted by Gasteiger charge is 2.12. The standard InChI is InChI=1S/C16H17ClO3S/c1-19-15-8-3-11(9-16(15)20-2)14(18)10-21-13-6-4-12(17)5-7-13/h3-9,14,18H,10H2,1-2H3. The topological polar surface area (TPSA) is 38.7 Å². The van der Waals surface area contributed by atoms with E-state index in [1.807, 2.05) is 30.3 Å². The van der Waals surface area contributed by atoms with Gasteiger partial charge in [-0.2, -0.15) is 0 Å². The van der Waals surface area contributed by atoms with Gasteiger partial charge in [-0.15, -0.1) is 11.8 Å². The number of methoxy groups -OCH3 is 2. The zero-order chi connectivity index (χ0) is 15.2. The maximum Gasteiger partial charge on any atom is 0.161 e. The van der Waals surface area contributed by atoms with Crippen molar-refractivity contribution in [2.24, 2.45) is 0 Å². The predicted octanol–water partition coefficient (Wildman–Crippen LogP) is 4.18. The van der Waals surface area contributed by atoms with Gasteiger partial charge in [0.1, 0.15) is 0 Å². The first kappa shape index (κ1) is 16.0. The molecule has 0 aliphatic rings. The summed E-state index contributed by atoms with van der Waals surface area (Å²) in [6.45, 7) is 0. The second kappa shape index (κ2) is 7.59. The van der Waals surface area contributed by atoms with Crippen LogP contribution in [0.1, 0.15) is 11.7 Å². The minimum absolute atomic E-state index is 0.553. The van der Waals surface area contributed by atoms with Crippen molar-refractivity contribution in [3.63, 3.8) is 0 Å². The van der Waals surface area contributed by atoms with Gasteiger partial charge in [-0.05, 0) is 42.0 Å². The highest BCUT2D eigenvalue weighted by atomic mass is 35.5. The smallest absolute Gasteiger partial charge is 0.161 e. The normalized spacial score (nSPS) is 12.0. The molecule has 0 spiro atoms. The molecule has 2 aromatic rings. The number of aliphatic hydroxyl groups is 1. The molecule has 0 amide bonds. The lowest BCUT2D eigenvalue weighted by Crippen LogP contribution is -2.01. The summed E-state index contributed by atoms with van der Waals surface area (Å²) in [7, 11) is 3.17. The number of halogens is 1. The molecule has 1 atom stereocenters. The molecule has 1 N–H and O–H groups in total. The van der Waals surface area contributed by atoms with Crippen molar-refractivity contribution >= 4 is 23.4 Å². The summed E-state index contributed by atoms with van der Waals surface area (Å²) in [5.41, 5.74) is 0.800. The van der Waals surface area contributed by atoms with Crippen LogP contribution >= 0.6 is 23.4 Å².